The quantitative estimate of drug-likeness (QED) is 0.709. The van der Waals surface area contributed by atoms with Gasteiger partial charge in [-0.1, -0.05) is 37.8 Å². The molecular formula is C14H21ClN2O. The molecule has 2 N–H and O–H groups in total. The number of carbonyl (C=O) groups is 1. The van der Waals surface area contributed by atoms with Crippen LogP contribution in [0.1, 0.15) is 32.6 Å². The molecule has 0 heterocycles. The molecule has 100 valence electrons. The van der Waals surface area contributed by atoms with E-state index in [2.05, 4.69) is 17.6 Å². The zero-order chi connectivity index (χ0) is 13.2. The summed E-state index contributed by atoms with van der Waals surface area (Å²) in [5.74, 6) is -0.0205. The van der Waals surface area contributed by atoms with E-state index < -0.39 is 0 Å². The average Bonchev–Trinajstić information content (AvgIpc) is 2.36. The van der Waals surface area contributed by atoms with Gasteiger partial charge in [0.05, 0.1) is 6.54 Å². The fourth-order valence-corrected chi connectivity index (χ4v) is 1.74. The minimum Gasteiger partial charge on any atom is -0.325 e. The van der Waals surface area contributed by atoms with E-state index in [1.165, 1.54) is 19.3 Å². The summed E-state index contributed by atoms with van der Waals surface area (Å²) in [4.78, 5) is 11.6. The largest absolute Gasteiger partial charge is 0.325 e. The lowest BCUT2D eigenvalue weighted by molar-refractivity contribution is -0.115. The second kappa shape index (κ2) is 8.95. The third-order valence-corrected chi connectivity index (χ3v) is 2.87. The maximum atomic E-state index is 11.6. The van der Waals surface area contributed by atoms with E-state index in [-0.39, 0.29) is 5.91 Å². The topological polar surface area (TPSA) is 41.1 Å². The van der Waals surface area contributed by atoms with Gasteiger partial charge in [0.1, 0.15) is 0 Å². The highest BCUT2D eigenvalue weighted by molar-refractivity contribution is 6.30. The third-order valence-electron chi connectivity index (χ3n) is 2.62. The second-order valence-corrected chi connectivity index (χ2v) is 4.73. The van der Waals surface area contributed by atoms with Gasteiger partial charge in [0, 0.05) is 10.7 Å². The minimum atomic E-state index is -0.0205. The van der Waals surface area contributed by atoms with Gasteiger partial charge in [-0.2, -0.15) is 0 Å². The van der Waals surface area contributed by atoms with Gasteiger partial charge in [-0.15, -0.1) is 0 Å². The highest BCUT2D eigenvalue weighted by Crippen LogP contribution is 2.12. The number of halogens is 1. The molecular weight excluding hydrogens is 248 g/mol. The smallest absolute Gasteiger partial charge is 0.238 e. The number of amides is 1. The molecule has 0 radical (unpaired) electrons. The Morgan fingerprint density at radius 3 is 2.56 bits per heavy atom. The van der Waals surface area contributed by atoms with Crippen LogP contribution in [0.4, 0.5) is 5.69 Å². The lowest BCUT2D eigenvalue weighted by atomic mass is 10.2. The summed E-state index contributed by atoms with van der Waals surface area (Å²) in [5, 5.41) is 6.62. The van der Waals surface area contributed by atoms with E-state index in [0.717, 1.165) is 18.7 Å². The van der Waals surface area contributed by atoms with Gasteiger partial charge in [0.25, 0.3) is 0 Å². The number of rotatable bonds is 8. The van der Waals surface area contributed by atoms with Crippen LogP contribution in [0.15, 0.2) is 24.3 Å². The first-order valence-electron chi connectivity index (χ1n) is 6.48. The molecule has 0 aliphatic carbocycles. The zero-order valence-electron chi connectivity index (χ0n) is 10.8. The van der Waals surface area contributed by atoms with E-state index in [1.54, 1.807) is 24.3 Å². The van der Waals surface area contributed by atoms with Crippen LogP contribution in [-0.2, 0) is 4.79 Å². The van der Waals surface area contributed by atoms with Crippen LogP contribution in [-0.4, -0.2) is 19.0 Å². The number of anilines is 1. The van der Waals surface area contributed by atoms with Crippen molar-refractivity contribution in [3.05, 3.63) is 29.3 Å². The van der Waals surface area contributed by atoms with Gasteiger partial charge in [-0.05, 0) is 37.2 Å². The van der Waals surface area contributed by atoms with Gasteiger partial charge in [0.2, 0.25) is 5.91 Å². The van der Waals surface area contributed by atoms with Crippen LogP contribution in [0.25, 0.3) is 0 Å². The van der Waals surface area contributed by atoms with Crippen molar-refractivity contribution in [2.45, 2.75) is 32.6 Å². The first-order valence-corrected chi connectivity index (χ1v) is 6.86. The summed E-state index contributed by atoms with van der Waals surface area (Å²) in [6.07, 6.45) is 4.85. The Morgan fingerprint density at radius 2 is 1.89 bits per heavy atom. The number of hydrogen-bond donors (Lipinski definition) is 2. The standard InChI is InChI=1S/C14H21ClN2O/c1-2-3-4-5-10-16-11-14(18)17-13-8-6-12(15)7-9-13/h6-9,16H,2-5,10-11H2,1H3,(H,17,18). The molecule has 4 heteroatoms. The fourth-order valence-electron chi connectivity index (χ4n) is 1.62. The first-order chi connectivity index (χ1) is 8.72. The molecule has 0 saturated heterocycles. The number of carbonyl (C=O) groups excluding carboxylic acids is 1. The van der Waals surface area contributed by atoms with Crippen LogP contribution in [0, 0.1) is 0 Å². The molecule has 0 aliphatic heterocycles. The van der Waals surface area contributed by atoms with E-state index in [0.29, 0.717) is 11.6 Å². The number of nitrogens with one attached hydrogen (secondary N) is 2. The molecule has 1 amide bonds. The molecule has 0 unspecified atom stereocenters. The van der Waals surface area contributed by atoms with Crippen LogP contribution in [0.2, 0.25) is 5.02 Å². The predicted molar refractivity (Wildman–Crippen MR) is 77.1 cm³/mol. The molecule has 3 nitrogen and oxygen atoms in total. The number of hydrogen-bond acceptors (Lipinski definition) is 2. The Morgan fingerprint density at radius 1 is 1.17 bits per heavy atom. The summed E-state index contributed by atoms with van der Waals surface area (Å²) in [6.45, 7) is 3.44. The molecule has 0 bridgehead atoms. The zero-order valence-corrected chi connectivity index (χ0v) is 11.6. The fraction of sp³-hybridized carbons (Fsp3) is 0.500. The van der Waals surface area contributed by atoms with Crippen molar-refractivity contribution in [2.75, 3.05) is 18.4 Å². The molecule has 0 atom stereocenters. The molecule has 0 saturated carbocycles. The lowest BCUT2D eigenvalue weighted by Gasteiger charge is -2.06. The molecule has 1 rings (SSSR count). The van der Waals surface area contributed by atoms with Crippen LogP contribution < -0.4 is 10.6 Å². The maximum absolute atomic E-state index is 11.6. The van der Waals surface area contributed by atoms with Crippen molar-refractivity contribution in [1.29, 1.82) is 0 Å². The molecule has 1 aromatic rings. The highest BCUT2D eigenvalue weighted by Gasteiger charge is 2.01. The Balaban J connectivity index is 2.12. The van der Waals surface area contributed by atoms with Crippen molar-refractivity contribution < 1.29 is 4.79 Å². The molecule has 0 aliphatic rings. The Hall–Kier alpha value is -1.06. The van der Waals surface area contributed by atoms with Gasteiger partial charge in [-0.25, -0.2) is 0 Å². The van der Waals surface area contributed by atoms with Gasteiger partial charge >= 0.3 is 0 Å². The van der Waals surface area contributed by atoms with Crippen LogP contribution in [0.3, 0.4) is 0 Å². The number of unbranched alkanes of at least 4 members (excludes halogenated alkanes) is 3. The van der Waals surface area contributed by atoms with Crippen molar-refractivity contribution in [3.8, 4) is 0 Å². The maximum Gasteiger partial charge on any atom is 0.238 e. The SMILES string of the molecule is CCCCCCNCC(=O)Nc1ccc(Cl)cc1. The Labute approximate surface area is 114 Å². The molecule has 0 spiro atoms. The van der Waals surface area contributed by atoms with Crippen molar-refractivity contribution >= 4 is 23.2 Å². The number of benzene rings is 1. The van der Waals surface area contributed by atoms with Crippen LogP contribution in [0.5, 0.6) is 0 Å². The summed E-state index contributed by atoms with van der Waals surface area (Å²) >= 11 is 5.77. The molecule has 18 heavy (non-hydrogen) atoms. The summed E-state index contributed by atoms with van der Waals surface area (Å²) < 4.78 is 0. The van der Waals surface area contributed by atoms with Crippen molar-refractivity contribution in [1.82, 2.24) is 5.32 Å². The molecule has 0 aromatic heterocycles. The predicted octanol–water partition coefficient (Wildman–Crippen LogP) is 3.45. The first kappa shape index (κ1) is 15.0. The Bertz CT molecular complexity index is 351. The monoisotopic (exact) mass is 268 g/mol. The third kappa shape index (κ3) is 6.62. The average molecular weight is 269 g/mol. The summed E-state index contributed by atoms with van der Waals surface area (Å²) in [6, 6.07) is 7.10. The van der Waals surface area contributed by atoms with Crippen molar-refractivity contribution in [3.63, 3.8) is 0 Å². The lowest BCUT2D eigenvalue weighted by Crippen LogP contribution is -2.28. The Kier molecular flexibility index (Phi) is 7.46. The van der Waals surface area contributed by atoms with E-state index >= 15 is 0 Å². The van der Waals surface area contributed by atoms with E-state index in [1.807, 2.05) is 0 Å². The minimum absolute atomic E-state index is 0.0205. The van der Waals surface area contributed by atoms with Crippen molar-refractivity contribution in [2.24, 2.45) is 0 Å². The van der Waals surface area contributed by atoms with Gasteiger partial charge in [0.15, 0.2) is 0 Å². The summed E-state index contributed by atoms with van der Waals surface area (Å²) in [7, 11) is 0. The molecule has 0 fully saturated rings. The normalized spacial score (nSPS) is 10.3. The van der Waals surface area contributed by atoms with Gasteiger partial charge in [-0.3, -0.25) is 4.79 Å². The van der Waals surface area contributed by atoms with Crippen LogP contribution >= 0.6 is 11.6 Å². The van der Waals surface area contributed by atoms with Gasteiger partial charge < -0.3 is 10.6 Å². The van der Waals surface area contributed by atoms with E-state index in [4.69, 9.17) is 11.6 Å². The molecule has 1 aromatic carbocycles. The summed E-state index contributed by atoms with van der Waals surface area (Å²) in [5.41, 5.74) is 0.775. The second-order valence-electron chi connectivity index (χ2n) is 4.29. The van der Waals surface area contributed by atoms with E-state index in [9.17, 15) is 4.79 Å². The highest BCUT2D eigenvalue weighted by atomic mass is 35.5.